The van der Waals surface area contributed by atoms with E-state index in [-0.39, 0.29) is 31.7 Å². The van der Waals surface area contributed by atoms with Crippen LogP contribution in [0.3, 0.4) is 0 Å². The van der Waals surface area contributed by atoms with E-state index < -0.39 is 12.0 Å². The van der Waals surface area contributed by atoms with Crippen molar-refractivity contribution >= 4 is 25.4 Å². The third-order valence-electron chi connectivity index (χ3n) is 3.87. The molecule has 0 spiro atoms. The first-order valence-corrected chi connectivity index (χ1v) is 9.19. The third-order valence-corrected chi connectivity index (χ3v) is 6.93. The SMILES string of the molecule is C=CC[C@H]1COC(=O)[C@@H]1[C@@H](O)[C@@H](CC)[Se]c1ccccc1. The molecule has 0 radical (unpaired) electrons. The zero-order chi connectivity index (χ0) is 15.2. The van der Waals surface area contributed by atoms with E-state index in [0.29, 0.717) is 13.0 Å². The summed E-state index contributed by atoms with van der Waals surface area (Å²) >= 11 is 0.150. The van der Waals surface area contributed by atoms with Gasteiger partial charge < -0.3 is 0 Å². The Bertz CT molecular complexity index is 474. The number of hydrogen-bond donors (Lipinski definition) is 1. The Balaban J connectivity index is 2.09. The fourth-order valence-electron chi connectivity index (χ4n) is 2.73. The Morgan fingerprint density at radius 3 is 2.81 bits per heavy atom. The van der Waals surface area contributed by atoms with Gasteiger partial charge in [0.15, 0.2) is 0 Å². The van der Waals surface area contributed by atoms with E-state index in [1.54, 1.807) is 6.08 Å². The Morgan fingerprint density at radius 1 is 1.48 bits per heavy atom. The molecule has 3 nitrogen and oxygen atoms in total. The number of benzene rings is 1. The molecule has 4 heteroatoms. The predicted octanol–water partition coefficient (Wildman–Crippen LogP) is 1.94. The zero-order valence-corrected chi connectivity index (χ0v) is 14.0. The Kier molecular flexibility index (Phi) is 6.04. The predicted molar refractivity (Wildman–Crippen MR) is 84.6 cm³/mol. The molecule has 0 saturated carbocycles. The number of hydrogen-bond acceptors (Lipinski definition) is 3. The molecule has 2 rings (SSSR count). The van der Waals surface area contributed by atoms with E-state index in [4.69, 9.17) is 4.74 Å². The van der Waals surface area contributed by atoms with Gasteiger partial charge in [0.05, 0.1) is 0 Å². The van der Waals surface area contributed by atoms with Crippen molar-refractivity contribution in [2.75, 3.05) is 6.61 Å². The maximum atomic E-state index is 12.0. The molecule has 1 saturated heterocycles. The quantitative estimate of drug-likeness (QED) is 0.463. The van der Waals surface area contributed by atoms with Crippen molar-refractivity contribution in [1.82, 2.24) is 0 Å². The monoisotopic (exact) mass is 354 g/mol. The van der Waals surface area contributed by atoms with Gasteiger partial charge in [-0.1, -0.05) is 0 Å². The molecule has 0 unspecified atom stereocenters. The van der Waals surface area contributed by atoms with Gasteiger partial charge in [-0.15, -0.1) is 0 Å². The molecular formula is C17H22O3Se. The van der Waals surface area contributed by atoms with Crippen molar-refractivity contribution in [1.29, 1.82) is 0 Å². The van der Waals surface area contributed by atoms with Crippen LogP contribution >= 0.6 is 0 Å². The molecule has 0 aromatic heterocycles. The van der Waals surface area contributed by atoms with Crippen LogP contribution in [-0.4, -0.2) is 38.7 Å². The molecule has 1 aliphatic heterocycles. The standard InChI is InChI=1S/C17H22O3Se/c1-3-8-12-11-20-17(19)15(12)16(18)14(4-2)21-13-9-6-5-7-10-13/h3,5-7,9-10,12,14-16,18H,1,4,8,11H2,2H3/t12-,14+,15-,16-/m0/s1. The summed E-state index contributed by atoms with van der Waals surface area (Å²) in [7, 11) is 0. The van der Waals surface area contributed by atoms with Crippen molar-refractivity contribution in [2.24, 2.45) is 11.8 Å². The maximum absolute atomic E-state index is 12.0. The molecule has 1 heterocycles. The fourth-order valence-corrected chi connectivity index (χ4v) is 5.12. The Morgan fingerprint density at radius 2 is 2.19 bits per heavy atom. The minimum absolute atomic E-state index is 0.0608. The first-order chi connectivity index (χ1) is 10.2. The number of rotatable bonds is 7. The topological polar surface area (TPSA) is 46.5 Å². The van der Waals surface area contributed by atoms with Crippen molar-refractivity contribution in [3.8, 4) is 0 Å². The summed E-state index contributed by atoms with van der Waals surface area (Å²) in [6.07, 6.45) is 2.74. The summed E-state index contributed by atoms with van der Waals surface area (Å²) in [5.74, 6) is -0.596. The summed E-state index contributed by atoms with van der Waals surface area (Å²) in [6, 6.07) is 10.2. The molecule has 1 N–H and O–H groups in total. The van der Waals surface area contributed by atoms with E-state index in [1.807, 2.05) is 18.2 Å². The summed E-state index contributed by atoms with van der Waals surface area (Å²) in [6.45, 7) is 6.21. The van der Waals surface area contributed by atoms with Crippen LogP contribution in [0.15, 0.2) is 43.0 Å². The molecule has 4 atom stereocenters. The first-order valence-electron chi connectivity index (χ1n) is 7.34. The number of aliphatic hydroxyl groups is 1. The molecular weight excluding hydrogens is 331 g/mol. The number of carbonyl (C=O) groups excluding carboxylic acids is 1. The molecule has 1 aliphatic rings. The van der Waals surface area contributed by atoms with Crippen molar-refractivity contribution in [3.05, 3.63) is 43.0 Å². The Hall–Kier alpha value is -1.09. The van der Waals surface area contributed by atoms with E-state index in [1.165, 1.54) is 4.46 Å². The molecule has 1 aromatic carbocycles. The Labute approximate surface area is 132 Å². The molecule has 0 bridgehead atoms. The van der Waals surface area contributed by atoms with Gasteiger partial charge in [0, 0.05) is 0 Å². The van der Waals surface area contributed by atoms with Gasteiger partial charge in [0.1, 0.15) is 0 Å². The van der Waals surface area contributed by atoms with Crippen LogP contribution in [0.5, 0.6) is 0 Å². The van der Waals surface area contributed by atoms with Gasteiger partial charge in [-0.25, -0.2) is 0 Å². The van der Waals surface area contributed by atoms with Gasteiger partial charge in [0.2, 0.25) is 0 Å². The van der Waals surface area contributed by atoms with Crippen molar-refractivity contribution < 1.29 is 14.6 Å². The summed E-state index contributed by atoms with van der Waals surface area (Å²) in [5.41, 5.74) is 0. The van der Waals surface area contributed by atoms with Crippen LogP contribution in [0.2, 0.25) is 4.82 Å². The van der Waals surface area contributed by atoms with E-state index in [2.05, 4.69) is 25.6 Å². The second-order valence-electron chi connectivity index (χ2n) is 5.31. The number of ether oxygens (including phenoxy) is 1. The average Bonchev–Trinajstić information content (AvgIpc) is 2.86. The number of allylic oxidation sites excluding steroid dienone is 1. The average molecular weight is 353 g/mol. The third kappa shape index (κ3) is 3.97. The van der Waals surface area contributed by atoms with E-state index in [9.17, 15) is 9.90 Å². The van der Waals surface area contributed by atoms with Gasteiger partial charge in [-0.05, 0) is 0 Å². The molecule has 0 aliphatic carbocycles. The zero-order valence-electron chi connectivity index (χ0n) is 12.3. The number of aliphatic hydroxyl groups excluding tert-OH is 1. The first kappa shape index (κ1) is 16.3. The van der Waals surface area contributed by atoms with Crippen molar-refractivity contribution in [2.45, 2.75) is 30.7 Å². The number of cyclic esters (lactones) is 1. The molecule has 114 valence electrons. The van der Waals surface area contributed by atoms with Gasteiger partial charge in [-0.2, -0.15) is 0 Å². The normalized spacial score (nSPS) is 24.4. The second kappa shape index (κ2) is 7.79. The van der Waals surface area contributed by atoms with Crippen LogP contribution < -0.4 is 4.46 Å². The molecule has 0 amide bonds. The number of esters is 1. The van der Waals surface area contributed by atoms with Crippen LogP contribution in [0, 0.1) is 11.8 Å². The second-order valence-corrected chi connectivity index (χ2v) is 8.06. The van der Waals surface area contributed by atoms with Crippen LogP contribution in [0.4, 0.5) is 0 Å². The molecule has 21 heavy (non-hydrogen) atoms. The molecule has 1 aromatic rings. The summed E-state index contributed by atoms with van der Waals surface area (Å²) in [4.78, 5) is 12.1. The minimum atomic E-state index is -0.629. The van der Waals surface area contributed by atoms with Gasteiger partial charge in [-0.3, -0.25) is 0 Å². The fraction of sp³-hybridized carbons (Fsp3) is 0.471. The number of carbonyl (C=O) groups is 1. The molecule has 1 fully saturated rings. The van der Waals surface area contributed by atoms with E-state index >= 15 is 0 Å². The van der Waals surface area contributed by atoms with E-state index in [0.717, 1.165) is 6.42 Å². The summed E-state index contributed by atoms with van der Waals surface area (Å²) in [5, 5.41) is 10.7. The van der Waals surface area contributed by atoms with Crippen molar-refractivity contribution in [3.63, 3.8) is 0 Å². The van der Waals surface area contributed by atoms with Crippen LogP contribution in [0.1, 0.15) is 19.8 Å². The van der Waals surface area contributed by atoms with Gasteiger partial charge >= 0.3 is 132 Å². The van der Waals surface area contributed by atoms with Gasteiger partial charge in [0.25, 0.3) is 0 Å². The van der Waals surface area contributed by atoms with Crippen LogP contribution in [0.25, 0.3) is 0 Å². The van der Waals surface area contributed by atoms with Crippen LogP contribution in [-0.2, 0) is 9.53 Å². The summed E-state index contributed by atoms with van der Waals surface area (Å²) < 4.78 is 6.41.